The van der Waals surface area contributed by atoms with E-state index in [2.05, 4.69) is 0 Å². The summed E-state index contributed by atoms with van der Waals surface area (Å²) in [6, 6.07) is 16.9. The molecule has 0 unspecified atom stereocenters. The van der Waals surface area contributed by atoms with Gasteiger partial charge >= 0.3 is 0 Å². The number of nitro benzene ring substituents is 1. The minimum absolute atomic E-state index is 0.0103. The topological polar surface area (TPSA) is 91.8 Å². The first kappa shape index (κ1) is 21.1. The lowest BCUT2D eigenvalue weighted by molar-refractivity contribution is -0.384. The van der Waals surface area contributed by atoms with E-state index in [1.165, 1.54) is 12.1 Å². The van der Waals surface area contributed by atoms with Crippen molar-refractivity contribution < 1.29 is 18.8 Å². The van der Waals surface area contributed by atoms with Crippen LogP contribution in [0.3, 0.4) is 0 Å². The molecule has 0 aliphatic rings. The second-order valence-electron chi connectivity index (χ2n) is 7.49. The van der Waals surface area contributed by atoms with Crippen LogP contribution in [0.25, 0.3) is 22.3 Å². The van der Waals surface area contributed by atoms with Gasteiger partial charge in [0.05, 0.1) is 17.4 Å². The quantitative estimate of drug-likeness (QED) is 0.293. The summed E-state index contributed by atoms with van der Waals surface area (Å²) in [4.78, 5) is 23.8. The number of rotatable bonds is 6. The van der Waals surface area contributed by atoms with E-state index >= 15 is 0 Å². The Morgan fingerprint density at radius 2 is 1.69 bits per heavy atom. The van der Waals surface area contributed by atoms with Crippen LogP contribution in [0.1, 0.15) is 16.7 Å². The Bertz CT molecular complexity index is 1350. The molecule has 0 saturated heterocycles. The van der Waals surface area contributed by atoms with E-state index in [0.29, 0.717) is 33.6 Å². The summed E-state index contributed by atoms with van der Waals surface area (Å²) in [6.07, 6.45) is 0. The molecule has 0 aliphatic carbocycles. The molecule has 0 amide bonds. The van der Waals surface area contributed by atoms with Crippen molar-refractivity contribution in [3.8, 4) is 22.8 Å². The monoisotopic (exact) mass is 431 g/mol. The zero-order valence-corrected chi connectivity index (χ0v) is 17.9. The number of hydrogen-bond donors (Lipinski definition) is 0. The van der Waals surface area contributed by atoms with Gasteiger partial charge in [0.25, 0.3) is 5.69 Å². The summed E-state index contributed by atoms with van der Waals surface area (Å²) in [7, 11) is 1.58. The maximum atomic E-state index is 13.4. The first-order valence-corrected chi connectivity index (χ1v) is 9.96. The average Bonchev–Trinajstić information content (AvgIpc) is 2.79. The summed E-state index contributed by atoms with van der Waals surface area (Å²) in [5, 5.41) is 11.3. The molecule has 0 aliphatic heterocycles. The molecule has 1 heterocycles. The van der Waals surface area contributed by atoms with Gasteiger partial charge in [-0.3, -0.25) is 14.9 Å². The minimum Gasteiger partial charge on any atom is -0.497 e. The third-order valence-electron chi connectivity index (χ3n) is 5.16. The van der Waals surface area contributed by atoms with E-state index in [1.54, 1.807) is 49.6 Å². The minimum atomic E-state index is -0.463. The molecule has 3 aromatic carbocycles. The second-order valence-corrected chi connectivity index (χ2v) is 7.49. The fourth-order valence-electron chi connectivity index (χ4n) is 3.57. The van der Waals surface area contributed by atoms with Crippen LogP contribution in [0.4, 0.5) is 5.69 Å². The molecular formula is C25H21NO6. The van der Waals surface area contributed by atoms with Crippen molar-refractivity contribution in [2.75, 3.05) is 7.11 Å². The molecule has 162 valence electrons. The van der Waals surface area contributed by atoms with Crippen LogP contribution < -0.4 is 14.9 Å². The van der Waals surface area contributed by atoms with E-state index in [1.807, 2.05) is 19.9 Å². The lowest BCUT2D eigenvalue weighted by Gasteiger charge is -2.13. The summed E-state index contributed by atoms with van der Waals surface area (Å²) < 4.78 is 17.4. The zero-order chi connectivity index (χ0) is 22.8. The smallest absolute Gasteiger partial charge is 0.269 e. The van der Waals surface area contributed by atoms with Crippen LogP contribution in [0, 0.1) is 24.0 Å². The summed E-state index contributed by atoms with van der Waals surface area (Å²) in [6.45, 7) is 3.87. The molecule has 4 aromatic rings. The average molecular weight is 431 g/mol. The van der Waals surface area contributed by atoms with Crippen molar-refractivity contribution in [3.05, 3.63) is 97.7 Å². The Hall–Kier alpha value is -4.13. The van der Waals surface area contributed by atoms with Crippen LogP contribution >= 0.6 is 0 Å². The van der Waals surface area contributed by atoms with Gasteiger partial charge in [-0.2, -0.15) is 0 Å². The predicted octanol–water partition coefficient (Wildman–Crippen LogP) is 5.57. The highest BCUT2D eigenvalue weighted by Gasteiger charge is 2.19. The van der Waals surface area contributed by atoms with Crippen molar-refractivity contribution in [3.63, 3.8) is 0 Å². The molecule has 7 nitrogen and oxygen atoms in total. The molecule has 1 aromatic heterocycles. The molecule has 0 saturated carbocycles. The van der Waals surface area contributed by atoms with Gasteiger partial charge in [-0.1, -0.05) is 6.07 Å². The standard InChI is InChI=1S/C25H21NO6/c1-15-12-16(2)23-21(13-15)22(27)25(24(32-23)18-6-10-20(30-3)11-7-18)31-14-17-4-8-19(9-5-17)26(28)29/h4-13H,14H2,1-3H3. The van der Waals surface area contributed by atoms with Crippen LogP contribution in [-0.4, -0.2) is 12.0 Å². The van der Waals surface area contributed by atoms with Gasteiger partial charge in [-0.05, 0) is 73.0 Å². The van der Waals surface area contributed by atoms with Crippen molar-refractivity contribution in [2.24, 2.45) is 0 Å². The van der Waals surface area contributed by atoms with E-state index in [9.17, 15) is 14.9 Å². The number of ether oxygens (including phenoxy) is 2. The molecule has 0 N–H and O–H groups in total. The lowest BCUT2D eigenvalue weighted by Crippen LogP contribution is -2.11. The van der Waals surface area contributed by atoms with Crippen molar-refractivity contribution in [1.82, 2.24) is 0 Å². The number of hydrogen-bond acceptors (Lipinski definition) is 6. The Morgan fingerprint density at radius 3 is 2.31 bits per heavy atom. The molecule has 0 bridgehead atoms. The first-order valence-electron chi connectivity index (χ1n) is 9.96. The third kappa shape index (κ3) is 4.05. The highest BCUT2D eigenvalue weighted by molar-refractivity contribution is 5.85. The highest BCUT2D eigenvalue weighted by atomic mass is 16.6. The number of non-ortho nitro benzene ring substituents is 1. The van der Waals surface area contributed by atoms with E-state index in [-0.39, 0.29) is 23.5 Å². The van der Waals surface area contributed by atoms with Crippen LogP contribution in [-0.2, 0) is 6.61 Å². The van der Waals surface area contributed by atoms with Gasteiger partial charge in [0.1, 0.15) is 17.9 Å². The highest BCUT2D eigenvalue weighted by Crippen LogP contribution is 2.33. The van der Waals surface area contributed by atoms with Gasteiger partial charge < -0.3 is 13.9 Å². The first-order chi connectivity index (χ1) is 15.4. The molecule has 4 rings (SSSR count). The van der Waals surface area contributed by atoms with Gasteiger partial charge in [-0.25, -0.2) is 0 Å². The third-order valence-corrected chi connectivity index (χ3v) is 5.16. The Morgan fingerprint density at radius 1 is 1.00 bits per heavy atom. The molecule has 0 spiro atoms. The molecule has 0 atom stereocenters. The van der Waals surface area contributed by atoms with Crippen molar-refractivity contribution in [1.29, 1.82) is 0 Å². The lowest BCUT2D eigenvalue weighted by atomic mass is 10.1. The Balaban J connectivity index is 1.81. The maximum absolute atomic E-state index is 13.4. The summed E-state index contributed by atoms with van der Waals surface area (Å²) >= 11 is 0. The van der Waals surface area contributed by atoms with Gasteiger partial charge in [0.2, 0.25) is 11.2 Å². The molecule has 7 heteroatoms. The number of methoxy groups -OCH3 is 1. The molecule has 0 fully saturated rings. The van der Waals surface area contributed by atoms with E-state index in [0.717, 1.165) is 11.1 Å². The fraction of sp³-hybridized carbons (Fsp3) is 0.160. The van der Waals surface area contributed by atoms with E-state index in [4.69, 9.17) is 13.9 Å². The van der Waals surface area contributed by atoms with Crippen LogP contribution in [0.15, 0.2) is 69.9 Å². The van der Waals surface area contributed by atoms with Gasteiger partial charge in [0.15, 0.2) is 5.76 Å². The second kappa shape index (κ2) is 8.55. The van der Waals surface area contributed by atoms with Crippen molar-refractivity contribution >= 4 is 16.7 Å². The number of aryl methyl sites for hydroxylation is 2. The Labute approximate surface area is 184 Å². The zero-order valence-electron chi connectivity index (χ0n) is 17.9. The number of nitro groups is 1. The van der Waals surface area contributed by atoms with E-state index < -0.39 is 4.92 Å². The van der Waals surface area contributed by atoms with Gasteiger partial charge in [-0.15, -0.1) is 0 Å². The Kier molecular flexibility index (Phi) is 5.64. The van der Waals surface area contributed by atoms with Crippen molar-refractivity contribution in [2.45, 2.75) is 20.5 Å². The largest absolute Gasteiger partial charge is 0.497 e. The predicted molar refractivity (Wildman–Crippen MR) is 121 cm³/mol. The normalized spacial score (nSPS) is 10.8. The summed E-state index contributed by atoms with van der Waals surface area (Å²) in [5.74, 6) is 1.09. The SMILES string of the molecule is COc1ccc(-c2oc3c(C)cc(C)cc3c(=O)c2OCc2ccc([N+](=O)[O-])cc2)cc1. The van der Waals surface area contributed by atoms with Gasteiger partial charge in [0, 0.05) is 17.7 Å². The molecule has 0 radical (unpaired) electrons. The van der Waals surface area contributed by atoms with Crippen LogP contribution in [0.5, 0.6) is 11.5 Å². The number of nitrogens with zero attached hydrogens (tertiary/aromatic N) is 1. The summed E-state index contributed by atoms with van der Waals surface area (Å²) in [5.41, 5.74) is 3.39. The molecular weight excluding hydrogens is 410 g/mol. The fourth-order valence-corrected chi connectivity index (χ4v) is 3.57. The number of benzene rings is 3. The number of fused-ring (bicyclic) bond motifs is 1. The molecule has 32 heavy (non-hydrogen) atoms. The maximum Gasteiger partial charge on any atom is 0.269 e. The van der Waals surface area contributed by atoms with Crippen LogP contribution in [0.2, 0.25) is 0 Å².